The van der Waals surface area contributed by atoms with Gasteiger partial charge in [-0.05, 0) is 44.0 Å². The maximum atomic E-state index is 5.60. The first-order chi connectivity index (χ1) is 10.2. The van der Waals surface area contributed by atoms with Crippen molar-refractivity contribution < 1.29 is 4.74 Å². The fourth-order valence-electron chi connectivity index (χ4n) is 2.28. The molecule has 1 N–H and O–H groups in total. The second-order valence-corrected chi connectivity index (χ2v) is 4.94. The van der Waals surface area contributed by atoms with Gasteiger partial charge in [0.05, 0.1) is 6.61 Å². The maximum absolute atomic E-state index is 5.60. The van der Waals surface area contributed by atoms with E-state index in [0.29, 0.717) is 0 Å². The van der Waals surface area contributed by atoms with Gasteiger partial charge in [-0.1, -0.05) is 13.8 Å². The molecule has 0 aliphatic heterocycles. The second-order valence-electron chi connectivity index (χ2n) is 4.94. The Labute approximate surface area is 126 Å². The zero-order valence-electron chi connectivity index (χ0n) is 13.2. The summed E-state index contributed by atoms with van der Waals surface area (Å²) in [5, 5.41) is 3.16. The lowest BCUT2D eigenvalue weighted by molar-refractivity contribution is 0.317. The van der Waals surface area contributed by atoms with Crippen LogP contribution in [-0.4, -0.2) is 23.6 Å². The van der Waals surface area contributed by atoms with Crippen molar-refractivity contribution in [2.24, 2.45) is 0 Å². The molecule has 0 spiro atoms. The van der Waals surface area contributed by atoms with Gasteiger partial charge in [0.2, 0.25) is 0 Å². The Morgan fingerprint density at radius 3 is 2.38 bits per heavy atom. The topological polar surface area (TPSA) is 47.0 Å². The standard InChI is InChI=1S/C17H23N3O/c1-5-11-21-14-9-7-13(8-10-14)16-19-12(3)15(6-2)17(18-4)20-16/h7-10H,5-6,11H2,1-4H3,(H,18,19,20). The summed E-state index contributed by atoms with van der Waals surface area (Å²) in [7, 11) is 1.90. The van der Waals surface area contributed by atoms with Gasteiger partial charge in [0.15, 0.2) is 5.82 Å². The lowest BCUT2D eigenvalue weighted by Crippen LogP contribution is -2.05. The molecule has 0 amide bonds. The Bertz CT molecular complexity index is 594. The van der Waals surface area contributed by atoms with E-state index >= 15 is 0 Å². The third-order valence-electron chi connectivity index (χ3n) is 3.39. The van der Waals surface area contributed by atoms with Crippen LogP contribution < -0.4 is 10.1 Å². The third kappa shape index (κ3) is 3.51. The van der Waals surface area contributed by atoms with Crippen LogP contribution in [0.4, 0.5) is 5.82 Å². The number of hydrogen-bond acceptors (Lipinski definition) is 4. The van der Waals surface area contributed by atoms with Crippen LogP contribution in [-0.2, 0) is 6.42 Å². The summed E-state index contributed by atoms with van der Waals surface area (Å²) in [5.41, 5.74) is 3.20. The van der Waals surface area contributed by atoms with E-state index in [-0.39, 0.29) is 0 Å². The van der Waals surface area contributed by atoms with Gasteiger partial charge in [-0.25, -0.2) is 9.97 Å². The summed E-state index contributed by atoms with van der Waals surface area (Å²) in [6, 6.07) is 7.95. The molecule has 2 aromatic rings. The Balaban J connectivity index is 2.31. The number of nitrogens with zero attached hydrogens (tertiary/aromatic N) is 2. The number of hydrogen-bond donors (Lipinski definition) is 1. The van der Waals surface area contributed by atoms with Gasteiger partial charge in [0.1, 0.15) is 11.6 Å². The van der Waals surface area contributed by atoms with Crippen molar-refractivity contribution in [3.8, 4) is 17.1 Å². The van der Waals surface area contributed by atoms with Crippen LogP contribution in [0.3, 0.4) is 0 Å². The van der Waals surface area contributed by atoms with E-state index in [0.717, 1.165) is 48.1 Å². The van der Waals surface area contributed by atoms with E-state index in [4.69, 9.17) is 4.74 Å². The first-order valence-electron chi connectivity index (χ1n) is 7.48. The van der Waals surface area contributed by atoms with Crippen molar-refractivity contribution >= 4 is 5.82 Å². The molecule has 1 aromatic carbocycles. The molecule has 0 saturated carbocycles. The zero-order chi connectivity index (χ0) is 15.2. The summed E-state index contributed by atoms with van der Waals surface area (Å²) >= 11 is 0. The summed E-state index contributed by atoms with van der Waals surface area (Å²) in [6.07, 6.45) is 1.93. The van der Waals surface area contributed by atoms with E-state index in [1.807, 2.05) is 38.2 Å². The minimum absolute atomic E-state index is 0.740. The Kier molecular flexibility index (Phi) is 5.14. The molecular weight excluding hydrogens is 262 g/mol. The quantitative estimate of drug-likeness (QED) is 0.876. The fraction of sp³-hybridized carbons (Fsp3) is 0.412. The molecule has 0 bridgehead atoms. The molecule has 0 unspecified atom stereocenters. The van der Waals surface area contributed by atoms with Crippen molar-refractivity contribution in [2.75, 3.05) is 19.0 Å². The van der Waals surface area contributed by atoms with Crippen molar-refractivity contribution in [1.29, 1.82) is 0 Å². The smallest absolute Gasteiger partial charge is 0.161 e. The molecule has 1 aromatic heterocycles. The highest BCUT2D eigenvalue weighted by molar-refractivity contribution is 5.60. The number of nitrogens with one attached hydrogen (secondary N) is 1. The van der Waals surface area contributed by atoms with Crippen molar-refractivity contribution in [1.82, 2.24) is 9.97 Å². The number of benzene rings is 1. The summed E-state index contributed by atoms with van der Waals surface area (Å²) in [6.45, 7) is 6.99. The Morgan fingerprint density at radius 1 is 1.10 bits per heavy atom. The summed E-state index contributed by atoms with van der Waals surface area (Å²) in [5.74, 6) is 2.54. The number of aromatic nitrogens is 2. The fourth-order valence-corrected chi connectivity index (χ4v) is 2.28. The van der Waals surface area contributed by atoms with Crippen LogP contribution in [0.5, 0.6) is 5.75 Å². The monoisotopic (exact) mass is 285 g/mol. The van der Waals surface area contributed by atoms with Crippen molar-refractivity contribution in [3.63, 3.8) is 0 Å². The van der Waals surface area contributed by atoms with Crippen LogP contribution in [0, 0.1) is 6.92 Å². The van der Waals surface area contributed by atoms with Crippen LogP contribution in [0.25, 0.3) is 11.4 Å². The Hall–Kier alpha value is -2.10. The van der Waals surface area contributed by atoms with Gasteiger partial charge >= 0.3 is 0 Å². The zero-order valence-corrected chi connectivity index (χ0v) is 13.2. The lowest BCUT2D eigenvalue weighted by Gasteiger charge is -2.12. The number of anilines is 1. The van der Waals surface area contributed by atoms with Gasteiger partial charge < -0.3 is 10.1 Å². The molecule has 0 radical (unpaired) electrons. The third-order valence-corrected chi connectivity index (χ3v) is 3.39. The maximum Gasteiger partial charge on any atom is 0.161 e. The van der Waals surface area contributed by atoms with Crippen LogP contribution >= 0.6 is 0 Å². The molecule has 112 valence electrons. The molecule has 1 heterocycles. The number of ether oxygens (including phenoxy) is 1. The second kappa shape index (κ2) is 7.07. The molecular formula is C17H23N3O. The highest BCUT2D eigenvalue weighted by Crippen LogP contribution is 2.24. The molecule has 0 aliphatic carbocycles. The molecule has 21 heavy (non-hydrogen) atoms. The van der Waals surface area contributed by atoms with Gasteiger partial charge in [-0.2, -0.15) is 0 Å². The van der Waals surface area contributed by atoms with Crippen LogP contribution in [0.15, 0.2) is 24.3 Å². The molecule has 2 rings (SSSR count). The average Bonchev–Trinajstić information content (AvgIpc) is 2.52. The van der Waals surface area contributed by atoms with Crippen LogP contribution in [0.2, 0.25) is 0 Å². The largest absolute Gasteiger partial charge is 0.494 e. The molecule has 0 aliphatic rings. The highest BCUT2D eigenvalue weighted by Gasteiger charge is 2.10. The van der Waals surface area contributed by atoms with Gasteiger partial charge in [-0.15, -0.1) is 0 Å². The summed E-state index contributed by atoms with van der Waals surface area (Å²) in [4.78, 5) is 9.24. The normalized spacial score (nSPS) is 10.5. The van der Waals surface area contributed by atoms with Gasteiger partial charge in [-0.3, -0.25) is 0 Å². The number of aryl methyl sites for hydroxylation is 1. The predicted octanol–water partition coefficient (Wildman–Crippen LogP) is 3.84. The molecule has 4 heteroatoms. The molecule has 0 atom stereocenters. The van der Waals surface area contributed by atoms with Crippen molar-refractivity contribution in [2.45, 2.75) is 33.6 Å². The van der Waals surface area contributed by atoms with Crippen LogP contribution in [0.1, 0.15) is 31.5 Å². The summed E-state index contributed by atoms with van der Waals surface area (Å²) < 4.78 is 5.60. The van der Waals surface area contributed by atoms with E-state index < -0.39 is 0 Å². The molecule has 0 saturated heterocycles. The van der Waals surface area contributed by atoms with Gasteiger partial charge in [0.25, 0.3) is 0 Å². The van der Waals surface area contributed by atoms with E-state index in [1.165, 1.54) is 5.56 Å². The minimum atomic E-state index is 0.740. The number of rotatable bonds is 6. The first-order valence-corrected chi connectivity index (χ1v) is 7.48. The molecule has 0 fully saturated rings. The first kappa shape index (κ1) is 15.3. The Morgan fingerprint density at radius 2 is 1.81 bits per heavy atom. The average molecular weight is 285 g/mol. The minimum Gasteiger partial charge on any atom is -0.494 e. The SMILES string of the molecule is CCCOc1ccc(-c2nc(C)c(CC)c(NC)n2)cc1. The van der Waals surface area contributed by atoms with E-state index in [1.54, 1.807) is 0 Å². The predicted molar refractivity (Wildman–Crippen MR) is 86.9 cm³/mol. The van der Waals surface area contributed by atoms with Crippen molar-refractivity contribution in [3.05, 3.63) is 35.5 Å². The van der Waals surface area contributed by atoms with E-state index in [9.17, 15) is 0 Å². The lowest BCUT2D eigenvalue weighted by atomic mass is 10.1. The molecule has 4 nitrogen and oxygen atoms in total. The van der Waals surface area contributed by atoms with E-state index in [2.05, 4.69) is 29.1 Å². The van der Waals surface area contributed by atoms with Gasteiger partial charge in [0, 0.05) is 23.9 Å². The highest BCUT2D eigenvalue weighted by atomic mass is 16.5.